The molecule has 1 aliphatic heterocycles. The van der Waals surface area contributed by atoms with Crippen LogP contribution < -0.4 is 0 Å². The molecule has 1 saturated heterocycles. The van der Waals surface area contributed by atoms with Crippen molar-refractivity contribution >= 4 is 17.7 Å². The van der Waals surface area contributed by atoms with Crippen LogP contribution in [0.2, 0.25) is 0 Å². The minimum Gasteiger partial charge on any atom is -0.461 e. The molecule has 132 valence electrons. The van der Waals surface area contributed by atoms with Crippen LogP contribution in [-0.2, 0) is 9.47 Å². The van der Waals surface area contributed by atoms with E-state index in [9.17, 15) is 19.7 Å². The molecule has 0 aliphatic carbocycles. The van der Waals surface area contributed by atoms with Gasteiger partial charge in [0.1, 0.15) is 11.8 Å². The van der Waals surface area contributed by atoms with E-state index in [2.05, 4.69) is 5.10 Å². The van der Waals surface area contributed by atoms with Gasteiger partial charge in [0.05, 0.1) is 17.6 Å². The van der Waals surface area contributed by atoms with Crippen molar-refractivity contribution in [1.29, 1.82) is 0 Å². The number of rotatable bonds is 4. The molecular weight excluding hydrogens is 320 g/mol. The van der Waals surface area contributed by atoms with E-state index in [0.717, 1.165) is 0 Å². The number of hydrogen-bond acceptors (Lipinski definition) is 7. The standard InChI is InChI=1S/C14H20N4O6/c1-5-23-12(19)11-10(18(21)22)8-17(15-11)9-6-16(7-9)13(20)24-14(2,3)4/h8-9H,5-7H2,1-4H3. The van der Waals surface area contributed by atoms with Crippen LogP contribution in [0.15, 0.2) is 6.20 Å². The Bertz CT molecular complexity index is 657. The van der Waals surface area contributed by atoms with Crippen molar-refractivity contribution in [2.24, 2.45) is 0 Å². The molecule has 10 nitrogen and oxygen atoms in total. The number of hydrogen-bond donors (Lipinski definition) is 0. The zero-order chi connectivity index (χ0) is 18.1. The lowest BCUT2D eigenvalue weighted by Gasteiger charge is -2.39. The number of esters is 1. The summed E-state index contributed by atoms with van der Waals surface area (Å²) in [5.41, 5.74) is -1.34. The highest BCUT2D eigenvalue weighted by Gasteiger charge is 2.37. The molecule has 1 aromatic heterocycles. The maximum absolute atomic E-state index is 11.9. The molecular formula is C14H20N4O6. The summed E-state index contributed by atoms with van der Waals surface area (Å²) in [7, 11) is 0. The smallest absolute Gasteiger partial charge is 0.410 e. The van der Waals surface area contributed by atoms with Crippen LogP contribution >= 0.6 is 0 Å². The predicted octanol–water partition coefficient (Wildman–Crippen LogP) is 1.76. The van der Waals surface area contributed by atoms with Gasteiger partial charge in [0.15, 0.2) is 0 Å². The number of carbonyl (C=O) groups excluding carboxylic acids is 2. The summed E-state index contributed by atoms with van der Waals surface area (Å²) in [4.78, 5) is 35.5. The minimum absolute atomic E-state index is 0.0959. The lowest BCUT2D eigenvalue weighted by Crippen LogP contribution is -2.52. The van der Waals surface area contributed by atoms with E-state index >= 15 is 0 Å². The van der Waals surface area contributed by atoms with Gasteiger partial charge in [0.25, 0.3) is 0 Å². The fourth-order valence-electron chi connectivity index (χ4n) is 2.15. The predicted molar refractivity (Wildman–Crippen MR) is 81.7 cm³/mol. The first-order valence-corrected chi connectivity index (χ1v) is 7.51. The Hall–Kier alpha value is -2.65. The molecule has 1 amide bonds. The maximum Gasteiger partial charge on any atom is 0.410 e. The van der Waals surface area contributed by atoms with Crippen molar-refractivity contribution in [3.05, 3.63) is 22.0 Å². The highest BCUT2D eigenvalue weighted by Crippen LogP contribution is 2.27. The van der Waals surface area contributed by atoms with Crippen LogP contribution in [0.4, 0.5) is 10.5 Å². The summed E-state index contributed by atoms with van der Waals surface area (Å²) in [5, 5.41) is 15.0. The number of amides is 1. The first-order valence-electron chi connectivity index (χ1n) is 7.51. The molecule has 0 spiro atoms. The number of likely N-dealkylation sites (tertiary alicyclic amines) is 1. The highest BCUT2D eigenvalue weighted by molar-refractivity contribution is 5.91. The van der Waals surface area contributed by atoms with E-state index in [1.165, 1.54) is 15.8 Å². The normalized spacial score (nSPS) is 14.9. The van der Waals surface area contributed by atoms with Gasteiger partial charge in [-0.05, 0) is 27.7 Å². The molecule has 10 heteroatoms. The van der Waals surface area contributed by atoms with Gasteiger partial charge in [-0.15, -0.1) is 0 Å². The number of aromatic nitrogens is 2. The number of nitro groups is 1. The molecule has 24 heavy (non-hydrogen) atoms. The summed E-state index contributed by atoms with van der Waals surface area (Å²) in [6, 6.07) is -0.251. The molecule has 0 bridgehead atoms. The lowest BCUT2D eigenvalue weighted by atomic mass is 10.1. The summed E-state index contributed by atoms with van der Waals surface area (Å²) >= 11 is 0. The number of carbonyl (C=O) groups is 2. The average molecular weight is 340 g/mol. The molecule has 0 radical (unpaired) electrons. The maximum atomic E-state index is 11.9. The molecule has 2 rings (SSSR count). The second-order valence-corrected chi connectivity index (χ2v) is 6.36. The van der Waals surface area contributed by atoms with E-state index in [1.807, 2.05) is 0 Å². The Morgan fingerprint density at radius 1 is 1.42 bits per heavy atom. The largest absolute Gasteiger partial charge is 0.461 e. The Kier molecular flexibility index (Phi) is 4.76. The zero-order valence-corrected chi connectivity index (χ0v) is 14.0. The zero-order valence-electron chi connectivity index (χ0n) is 14.0. The van der Waals surface area contributed by atoms with Gasteiger partial charge < -0.3 is 14.4 Å². The van der Waals surface area contributed by atoms with Crippen molar-refractivity contribution < 1.29 is 24.0 Å². The summed E-state index contributed by atoms with van der Waals surface area (Å²) in [6.07, 6.45) is 0.731. The van der Waals surface area contributed by atoms with Crippen LogP contribution in [0.5, 0.6) is 0 Å². The van der Waals surface area contributed by atoms with Crippen molar-refractivity contribution in [3.63, 3.8) is 0 Å². The van der Waals surface area contributed by atoms with Crippen molar-refractivity contribution in [2.45, 2.75) is 39.3 Å². The number of nitrogens with zero attached hydrogens (tertiary/aromatic N) is 4. The van der Waals surface area contributed by atoms with Gasteiger partial charge in [-0.3, -0.25) is 14.8 Å². The molecule has 1 fully saturated rings. The molecule has 1 aromatic rings. The quantitative estimate of drug-likeness (QED) is 0.465. The van der Waals surface area contributed by atoms with E-state index in [-0.39, 0.29) is 18.3 Å². The second-order valence-electron chi connectivity index (χ2n) is 6.36. The van der Waals surface area contributed by atoms with Gasteiger partial charge in [-0.2, -0.15) is 5.10 Å². The molecule has 0 unspecified atom stereocenters. The third kappa shape index (κ3) is 3.81. The average Bonchev–Trinajstić information content (AvgIpc) is 2.80. The van der Waals surface area contributed by atoms with Crippen LogP contribution in [-0.4, -0.2) is 57.0 Å². The summed E-state index contributed by atoms with van der Waals surface area (Å²) in [6.45, 7) is 7.61. The fraction of sp³-hybridized carbons (Fsp3) is 0.643. The van der Waals surface area contributed by atoms with E-state index in [4.69, 9.17) is 9.47 Å². The second kappa shape index (κ2) is 6.46. The monoisotopic (exact) mass is 340 g/mol. The van der Waals surface area contributed by atoms with Gasteiger partial charge >= 0.3 is 17.7 Å². The van der Waals surface area contributed by atoms with Crippen LogP contribution in [0.3, 0.4) is 0 Å². The van der Waals surface area contributed by atoms with Gasteiger partial charge in [0, 0.05) is 13.1 Å². The Labute approximate surface area is 138 Å². The van der Waals surface area contributed by atoms with E-state index < -0.39 is 28.3 Å². The summed E-state index contributed by atoms with van der Waals surface area (Å²) < 4.78 is 11.3. The fourth-order valence-corrected chi connectivity index (χ4v) is 2.15. The molecule has 0 aromatic carbocycles. The van der Waals surface area contributed by atoms with Crippen molar-refractivity contribution in [3.8, 4) is 0 Å². The van der Waals surface area contributed by atoms with Crippen LogP contribution in [0.1, 0.15) is 44.2 Å². The molecule has 1 aliphatic rings. The first kappa shape index (κ1) is 17.7. The third-order valence-corrected chi connectivity index (χ3v) is 3.27. The van der Waals surface area contributed by atoms with E-state index in [1.54, 1.807) is 27.7 Å². The van der Waals surface area contributed by atoms with Crippen LogP contribution in [0, 0.1) is 10.1 Å². The minimum atomic E-state index is -0.841. The highest BCUT2D eigenvalue weighted by atomic mass is 16.6. The topological polar surface area (TPSA) is 117 Å². The van der Waals surface area contributed by atoms with Gasteiger partial charge in [0.2, 0.25) is 5.69 Å². The SMILES string of the molecule is CCOC(=O)c1nn(C2CN(C(=O)OC(C)(C)C)C2)cc1[N+](=O)[O-]. The Morgan fingerprint density at radius 3 is 2.54 bits per heavy atom. The molecule has 0 N–H and O–H groups in total. The molecule has 0 atom stereocenters. The Morgan fingerprint density at radius 2 is 2.04 bits per heavy atom. The summed E-state index contributed by atoms with van der Waals surface area (Å²) in [5.74, 6) is -0.841. The van der Waals surface area contributed by atoms with Gasteiger partial charge in [-0.25, -0.2) is 9.59 Å². The first-order chi connectivity index (χ1) is 11.1. The third-order valence-electron chi connectivity index (χ3n) is 3.27. The van der Waals surface area contributed by atoms with Crippen molar-refractivity contribution in [2.75, 3.05) is 19.7 Å². The Balaban J connectivity index is 2.07. The van der Waals surface area contributed by atoms with Gasteiger partial charge in [-0.1, -0.05) is 0 Å². The van der Waals surface area contributed by atoms with Crippen molar-refractivity contribution in [1.82, 2.24) is 14.7 Å². The number of ether oxygens (including phenoxy) is 2. The molecule has 0 saturated carbocycles. The van der Waals surface area contributed by atoms with Crippen LogP contribution in [0.25, 0.3) is 0 Å². The lowest BCUT2D eigenvalue weighted by molar-refractivity contribution is -0.385. The molecule has 2 heterocycles. The van der Waals surface area contributed by atoms with E-state index in [0.29, 0.717) is 13.1 Å².